The van der Waals surface area contributed by atoms with E-state index in [0.717, 1.165) is 34.7 Å². The number of carbonyl (C=O) groups excluding carboxylic acids is 1. The molecule has 1 aromatic carbocycles. The van der Waals surface area contributed by atoms with Crippen LogP contribution in [0.3, 0.4) is 0 Å². The molecule has 1 aliphatic heterocycles. The van der Waals surface area contributed by atoms with E-state index in [4.69, 9.17) is 11.6 Å². The number of aliphatic carboxylic acids is 1. The lowest BCUT2D eigenvalue weighted by Gasteiger charge is -2.37. The van der Waals surface area contributed by atoms with E-state index < -0.39 is 11.9 Å². The minimum atomic E-state index is -0.851. The molecule has 9 heteroatoms. The summed E-state index contributed by atoms with van der Waals surface area (Å²) in [6, 6.07) is 9.49. The van der Waals surface area contributed by atoms with E-state index in [1.165, 1.54) is 0 Å². The lowest BCUT2D eigenvalue weighted by atomic mass is 9.94. The van der Waals surface area contributed by atoms with Crippen molar-refractivity contribution < 1.29 is 14.7 Å². The molecule has 0 spiro atoms. The number of nitrogens with zero attached hydrogens (tertiary/aromatic N) is 4. The highest BCUT2D eigenvalue weighted by molar-refractivity contribution is 6.31. The SMILES string of the molecule is O=C(O)C1CCCC1C(=O)N1CCN(c2ccc(-c3nc4ccc(Cl)cc4[nH]3)cn2)CC1. The molecule has 2 N–H and O–H groups in total. The number of carbonyl (C=O) groups is 2. The minimum Gasteiger partial charge on any atom is -0.481 e. The molecule has 0 radical (unpaired) electrons. The molecule has 5 rings (SSSR count). The molecule has 3 aromatic rings. The summed E-state index contributed by atoms with van der Waals surface area (Å²) in [7, 11) is 0. The standard InChI is InChI=1S/C23H24ClN5O3/c24-15-5-6-18-19(12-15)27-21(26-18)14-4-7-20(25-13-14)28-8-10-29(11-9-28)22(30)16-2-1-3-17(16)23(31)32/h4-7,12-13,16-17H,1-3,8-11H2,(H,26,27)(H,31,32). The number of carboxylic acid groups (broad SMARTS) is 1. The van der Waals surface area contributed by atoms with Gasteiger partial charge in [-0.05, 0) is 43.2 Å². The lowest BCUT2D eigenvalue weighted by Crippen LogP contribution is -2.51. The van der Waals surface area contributed by atoms with Crippen molar-refractivity contribution in [2.24, 2.45) is 11.8 Å². The van der Waals surface area contributed by atoms with Crippen LogP contribution in [0.15, 0.2) is 36.5 Å². The summed E-state index contributed by atoms with van der Waals surface area (Å²) in [5, 5.41) is 10.0. The molecule has 2 unspecified atom stereocenters. The number of aromatic amines is 1. The minimum absolute atomic E-state index is 0.0113. The van der Waals surface area contributed by atoms with E-state index in [1.807, 2.05) is 35.2 Å². The van der Waals surface area contributed by atoms with Gasteiger partial charge in [0, 0.05) is 43.0 Å². The zero-order valence-corrected chi connectivity index (χ0v) is 18.3. The second-order valence-corrected chi connectivity index (χ2v) is 8.88. The van der Waals surface area contributed by atoms with Crippen LogP contribution in [0.5, 0.6) is 0 Å². The van der Waals surface area contributed by atoms with Gasteiger partial charge in [0.05, 0.1) is 22.9 Å². The number of H-pyrrole nitrogens is 1. The van der Waals surface area contributed by atoms with Gasteiger partial charge in [-0.1, -0.05) is 18.0 Å². The molecule has 1 saturated carbocycles. The third-order valence-electron chi connectivity index (χ3n) is 6.53. The number of nitrogens with one attached hydrogen (secondary N) is 1. The molecule has 1 aliphatic carbocycles. The van der Waals surface area contributed by atoms with Crippen molar-refractivity contribution in [3.63, 3.8) is 0 Å². The largest absolute Gasteiger partial charge is 0.481 e. The predicted molar refractivity (Wildman–Crippen MR) is 122 cm³/mol. The van der Waals surface area contributed by atoms with Crippen LogP contribution in [-0.4, -0.2) is 63.0 Å². The Balaban J connectivity index is 1.23. The molecule has 2 fully saturated rings. The summed E-state index contributed by atoms with van der Waals surface area (Å²) < 4.78 is 0. The third-order valence-corrected chi connectivity index (χ3v) is 6.77. The maximum atomic E-state index is 12.9. The molecule has 1 saturated heterocycles. The van der Waals surface area contributed by atoms with Gasteiger partial charge in [0.1, 0.15) is 11.6 Å². The van der Waals surface area contributed by atoms with E-state index in [1.54, 1.807) is 6.20 Å². The van der Waals surface area contributed by atoms with Crippen LogP contribution in [0.2, 0.25) is 5.02 Å². The van der Waals surface area contributed by atoms with Gasteiger partial charge in [0.25, 0.3) is 0 Å². The summed E-state index contributed by atoms with van der Waals surface area (Å²) in [5.74, 6) is -0.191. The monoisotopic (exact) mass is 453 g/mol. The number of piperazine rings is 1. The first-order valence-corrected chi connectivity index (χ1v) is 11.3. The second kappa shape index (κ2) is 8.43. The Hall–Kier alpha value is -3.13. The first-order valence-electron chi connectivity index (χ1n) is 10.9. The molecule has 2 atom stereocenters. The van der Waals surface area contributed by atoms with Crippen molar-refractivity contribution in [1.82, 2.24) is 19.9 Å². The van der Waals surface area contributed by atoms with Crippen molar-refractivity contribution in [3.05, 3.63) is 41.6 Å². The maximum absolute atomic E-state index is 12.9. The Kier molecular flexibility index (Phi) is 5.46. The van der Waals surface area contributed by atoms with Crippen LogP contribution in [0.4, 0.5) is 5.82 Å². The lowest BCUT2D eigenvalue weighted by molar-refractivity contribution is -0.149. The molecule has 3 heterocycles. The molecule has 32 heavy (non-hydrogen) atoms. The van der Waals surface area contributed by atoms with Crippen LogP contribution in [0.25, 0.3) is 22.4 Å². The molecule has 1 amide bonds. The van der Waals surface area contributed by atoms with Crippen molar-refractivity contribution >= 4 is 40.3 Å². The summed E-state index contributed by atoms with van der Waals surface area (Å²) in [6.07, 6.45) is 3.87. The van der Waals surface area contributed by atoms with Crippen LogP contribution >= 0.6 is 11.6 Å². The first kappa shape index (κ1) is 20.8. The number of hydrogen-bond acceptors (Lipinski definition) is 5. The molecular formula is C23H24ClN5O3. The average molecular weight is 454 g/mol. The van der Waals surface area contributed by atoms with Gasteiger partial charge in [0.15, 0.2) is 0 Å². The number of anilines is 1. The zero-order valence-electron chi connectivity index (χ0n) is 17.5. The Labute approximate surface area is 190 Å². The van der Waals surface area contributed by atoms with Gasteiger partial charge < -0.3 is 19.9 Å². The topological polar surface area (TPSA) is 102 Å². The fourth-order valence-corrected chi connectivity index (χ4v) is 4.95. The highest BCUT2D eigenvalue weighted by atomic mass is 35.5. The van der Waals surface area contributed by atoms with Crippen molar-refractivity contribution in [2.75, 3.05) is 31.1 Å². The van der Waals surface area contributed by atoms with Gasteiger partial charge in [-0.15, -0.1) is 0 Å². The molecular weight excluding hydrogens is 430 g/mol. The normalized spacial score (nSPS) is 21.3. The van der Waals surface area contributed by atoms with Crippen molar-refractivity contribution in [2.45, 2.75) is 19.3 Å². The fraction of sp³-hybridized carbons (Fsp3) is 0.391. The summed E-state index contributed by atoms with van der Waals surface area (Å²) >= 11 is 6.05. The third kappa shape index (κ3) is 3.90. The Morgan fingerprint density at radius 2 is 1.84 bits per heavy atom. The molecule has 8 nitrogen and oxygen atoms in total. The van der Waals surface area contributed by atoms with Crippen LogP contribution < -0.4 is 4.90 Å². The first-order chi connectivity index (χ1) is 15.5. The predicted octanol–water partition coefficient (Wildman–Crippen LogP) is 3.43. The quantitative estimate of drug-likeness (QED) is 0.627. The highest BCUT2D eigenvalue weighted by Gasteiger charge is 2.40. The van der Waals surface area contributed by atoms with E-state index >= 15 is 0 Å². The van der Waals surface area contributed by atoms with Crippen molar-refractivity contribution in [3.8, 4) is 11.4 Å². The number of halogens is 1. The van der Waals surface area contributed by atoms with Gasteiger partial charge in [-0.3, -0.25) is 9.59 Å². The fourth-order valence-electron chi connectivity index (χ4n) is 4.77. The van der Waals surface area contributed by atoms with E-state index in [2.05, 4.69) is 19.9 Å². The highest BCUT2D eigenvalue weighted by Crippen LogP contribution is 2.34. The Morgan fingerprint density at radius 3 is 2.56 bits per heavy atom. The van der Waals surface area contributed by atoms with E-state index in [-0.39, 0.29) is 11.8 Å². The van der Waals surface area contributed by atoms with Crippen molar-refractivity contribution in [1.29, 1.82) is 0 Å². The number of rotatable bonds is 4. The molecule has 0 bridgehead atoms. The average Bonchev–Trinajstić information content (AvgIpc) is 3.46. The number of hydrogen-bond donors (Lipinski definition) is 2. The van der Waals surface area contributed by atoms with Gasteiger partial charge in [-0.2, -0.15) is 0 Å². The van der Waals surface area contributed by atoms with Gasteiger partial charge in [0.2, 0.25) is 5.91 Å². The van der Waals surface area contributed by atoms with E-state index in [9.17, 15) is 14.7 Å². The summed E-state index contributed by atoms with van der Waals surface area (Å²) in [4.78, 5) is 40.7. The van der Waals surface area contributed by atoms with Gasteiger partial charge >= 0.3 is 5.97 Å². The van der Waals surface area contributed by atoms with Crippen LogP contribution in [0.1, 0.15) is 19.3 Å². The molecule has 2 aliphatic rings. The molecule has 2 aromatic heterocycles. The zero-order chi connectivity index (χ0) is 22.2. The number of fused-ring (bicyclic) bond motifs is 1. The Bertz CT molecular complexity index is 1150. The Morgan fingerprint density at radius 1 is 1.06 bits per heavy atom. The number of carboxylic acids is 1. The number of imidazole rings is 1. The summed E-state index contributed by atoms with van der Waals surface area (Å²) in [6.45, 7) is 2.50. The van der Waals surface area contributed by atoms with Crippen LogP contribution in [-0.2, 0) is 9.59 Å². The van der Waals surface area contributed by atoms with Gasteiger partial charge in [-0.25, -0.2) is 9.97 Å². The second-order valence-electron chi connectivity index (χ2n) is 8.45. The number of amides is 1. The maximum Gasteiger partial charge on any atom is 0.307 e. The van der Waals surface area contributed by atoms with Crippen LogP contribution in [0, 0.1) is 11.8 Å². The van der Waals surface area contributed by atoms with E-state index in [0.29, 0.717) is 44.0 Å². The number of aromatic nitrogens is 3. The summed E-state index contributed by atoms with van der Waals surface area (Å²) in [5.41, 5.74) is 2.61. The number of pyridine rings is 1. The smallest absolute Gasteiger partial charge is 0.307 e. The number of benzene rings is 1. The molecule has 166 valence electrons.